The van der Waals surface area contributed by atoms with Crippen LogP contribution in [0.25, 0.3) is 0 Å². The lowest BCUT2D eigenvalue weighted by Crippen LogP contribution is -2.36. The van der Waals surface area contributed by atoms with Crippen LogP contribution in [0, 0.1) is 17.8 Å². The molecule has 2 atom stereocenters. The van der Waals surface area contributed by atoms with Crippen molar-refractivity contribution in [2.45, 2.75) is 26.2 Å². The molecule has 0 saturated heterocycles. The molecule has 96 valence electrons. The van der Waals surface area contributed by atoms with Gasteiger partial charge in [0.25, 0.3) is 0 Å². The van der Waals surface area contributed by atoms with Crippen molar-refractivity contribution in [1.82, 2.24) is 0 Å². The van der Waals surface area contributed by atoms with E-state index >= 15 is 0 Å². The number of nitrogens with zero attached hydrogens (tertiary/aromatic N) is 1. The van der Waals surface area contributed by atoms with Crippen molar-refractivity contribution >= 4 is 17.3 Å². The highest BCUT2D eigenvalue weighted by molar-refractivity contribution is 5.97. The molecule has 0 radical (unpaired) electrons. The van der Waals surface area contributed by atoms with Gasteiger partial charge in [-0.3, -0.25) is 4.79 Å². The van der Waals surface area contributed by atoms with Gasteiger partial charge in [-0.1, -0.05) is 12.1 Å². The van der Waals surface area contributed by atoms with Crippen molar-refractivity contribution in [3.63, 3.8) is 0 Å². The molecule has 0 bridgehead atoms. The van der Waals surface area contributed by atoms with Gasteiger partial charge in [-0.2, -0.15) is 0 Å². The first-order valence-electron chi connectivity index (χ1n) is 6.86. The van der Waals surface area contributed by atoms with E-state index in [4.69, 9.17) is 5.73 Å². The second-order valence-corrected chi connectivity index (χ2v) is 5.57. The van der Waals surface area contributed by atoms with Crippen molar-refractivity contribution < 1.29 is 4.79 Å². The van der Waals surface area contributed by atoms with Crippen molar-refractivity contribution in [1.29, 1.82) is 0 Å². The summed E-state index contributed by atoms with van der Waals surface area (Å²) in [4.78, 5) is 14.4. The molecule has 0 aromatic heterocycles. The molecule has 2 fully saturated rings. The summed E-state index contributed by atoms with van der Waals surface area (Å²) in [6.07, 6.45) is 3.53. The van der Waals surface area contributed by atoms with E-state index in [1.54, 1.807) is 0 Å². The summed E-state index contributed by atoms with van der Waals surface area (Å²) in [5, 5.41) is 0. The number of fused-ring (bicyclic) bond motifs is 1. The first-order chi connectivity index (χ1) is 8.70. The highest BCUT2D eigenvalue weighted by atomic mass is 16.2. The summed E-state index contributed by atoms with van der Waals surface area (Å²) in [5.41, 5.74) is 7.53. The van der Waals surface area contributed by atoms with E-state index in [0.717, 1.165) is 30.4 Å². The molecule has 18 heavy (non-hydrogen) atoms. The number of carbonyl (C=O) groups is 1. The Bertz CT molecular complexity index is 461. The lowest BCUT2D eigenvalue weighted by Gasteiger charge is -2.26. The minimum absolute atomic E-state index is 0.230. The Morgan fingerprint density at radius 1 is 1.28 bits per heavy atom. The number of anilines is 2. The molecule has 2 unspecified atom stereocenters. The van der Waals surface area contributed by atoms with Crippen LogP contribution in [0.2, 0.25) is 0 Å². The third kappa shape index (κ3) is 1.88. The van der Waals surface area contributed by atoms with Crippen LogP contribution in [0.3, 0.4) is 0 Å². The van der Waals surface area contributed by atoms with Crippen molar-refractivity contribution in [3.05, 3.63) is 24.3 Å². The minimum atomic E-state index is 0.230. The van der Waals surface area contributed by atoms with Gasteiger partial charge in [0.15, 0.2) is 0 Å². The second kappa shape index (κ2) is 4.30. The highest BCUT2D eigenvalue weighted by Crippen LogP contribution is 2.54. The number of nitrogen functional groups attached to an aromatic ring is 1. The average Bonchev–Trinajstić information content (AvgIpc) is 2.99. The third-order valence-corrected chi connectivity index (χ3v) is 4.40. The zero-order valence-corrected chi connectivity index (χ0v) is 10.8. The Balaban J connectivity index is 1.79. The standard InChI is InChI=1S/C15H20N2O/c1-2-17(14-6-4-3-5-13(14)16)15(18)12-8-10-7-11(10)9-12/h3-6,10-12H,2,7-9,16H2,1H3. The molecule has 1 amide bonds. The highest BCUT2D eigenvalue weighted by Gasteiger charge is 2.48. The number of hydrogen-bond donors (Lipinski definition) is 1. The zero-order valence-electron chi connectivity index (χ0n) is 10.8. The van der Waals surface area contributed by atoms with E-state index in [1.807, 2.05) is 36.1 Å². The summed E-state index contributed by atoms with van der Waals surface area (Å²) in [7, 11) is 0. The molecule has 0 aliphatic heterocycles. The molecular weight excluding hydrogens is 224 g/mol. The van der Waals surface area contributed by atoms with Crippen LogP contribution >= 0.6 is 0 Å². The van der Waals surface area contributed by atoms with E-state index in [2.05, 4.69) is 0 Å². The van der Waals surface area contributed by atoms with Gasteiger partial charge < -0.3 is 10.6 Å². The molecular formula is C15H20N2O. The third-order valence-electron chi connectivity index (χ3n) is 4.40. The van der Waals surface area contributed by atoms with E-state index in [9.17, 15) is 4.79 Å². The molecule has 1 aromatic rings. The molecule has 3 nitrogen and oxygen atoms in total. The van der Waals surface area contributed by atoms with E-state index in [1.165, 1.54) is 6.42 Å². The predicted molar refractivity (Wildman–Crippen MR) is 73.2 cm³/mol. The van der Waals surface area contributed by atoms with Gasteiger partial charge in [0, 0.05) is 12.5 Å². The SMILES string of the molecule is CCN(C(=O)C1CC2CC2C1)c1ccccc1N. The number of para-hydroxylation sites is 2. The Morgan fingerprint density at radius 2 is 1.94 bits per heavy atom. The molecule has 1 aromatic carbocycles. The first kappa shape index (κ1) is 11.6. The monoisotopic (exact) mass is 244 g/mol. The van der Waals surface area contributed by atoms with Gasteiger partial charge in [-0.15, -0.1) is 0 Å². The lowest BCUT2D eigenvalue weighted by atomic mass is 10.0. The van der Waals surface area contributed by atoms with Gasteiger partial charge in [0.05, 0.1) is 11.4 Å². The molecule has 0 spiro atoms. The summed E-state index contributed by atoms with van der Waals surface area (Å²) < 4.78 is 0. The fourth-order valence-corrected chi connectivity index (χ4v) is 3.32. The van der Waals surface area contributed by atoms with Gasteiger partial charge >= 0.3 is 0 Å². The number of rotatable bonds is 3. The number of benzene rings is 1. The van der Waals surface area contributed by atoms with Crippen molar-refractivity contribution in [2.75, 3.05) is 17.2 Å². The maximum Gasteiger partial charge on any atom is 0.230 e. The normalized spacial score (nSPS) is 28.8. The molecule has 2 aliphatic carbocycles. The fraction of sp³-hybridized carbons (Fsp3) is 0.533. The van der Waals surface area contributed by atoms with Crippen LogP contribution in [-0.4, -0.2) is 12.5 Å². The van der Waals surface area contributed by atoms with E-state index in [-0.39, 0.29) is 11.8 Å². The molecule has 2 aliphatic rings. The maximum atomic E-state index is 12.6. The topological polar surface area (TPSA) is 46.3 Å². The van der Waals surface area contributed by atoms with Gasteiger partial charge in [-0.05, 0) is 50.2 Å². The summed E-state index contributed by atoms with van der Waals surface area (Å²) in [6.45, 7) is 2.71. The first-order valence-corrected chi connectivity index (χ1v) is 6.86. The van der Waals surface area contributed by atoms with Crippen LogP contribution < -0.4 is 10.6 Å². The van der Waals surface area contributed by atoms with Crippen LogP contribution in [-0.2, 0) is 4.79 Å². The van der Waals surface area contributed by atoms with Crippen LogP contribution in [0.1, 0.15) is 26.2 Å². The maximum absolute atomic E-state index is 12.6. The average molecular weight is 244 g/mol. The molecule has 0 heterocycles. The number of hydrogen-bond acceptors (Lipinski definition) is 2. The second-order valence-electron chi connectivity index (χ2n) is 5.57. The van der Waals surface area contributed by atoms with Crippen LogP contribution in [0.15, 0.2) is 24.3 Å². The van der Waals surface area contributed by atoms with E-state index in [0.29, 0.717) is 12.2 Å². The summed E-state index contributed by atoms with van der Waals surface area (Å²) in [6, 6.07) is 7.64. The zero-order chi connectivity index (χ0) is 12.7. The van der Waals surface area contributed by atoms with Crippen LogP contribution in [0.4, 0.5) is 11.4 Å². The Morgan fingerprint density at radius 3 is 2.56 bits per heavy atom. The largest absolute Gasteiger partial charge is 0.397 e. The minimum Gasteiger partial charge on any atom is -0.397 e. The van der Waals surface area contributed by atoms with Crippen molar-refractivity contribution in [3.8, 4) is 0 Å². The predicted octanol–water partition coefficient (Wildman–Crippen LogP) is 2.67. The lowest BCUT2D eigenvalue weighted by molar-refractivity contribution is -0.122. The molecule has 2 N–H and O–H groups in total. The van der Waals surface area contributed by atoms with Crippen molar-refractivity contribution in [2.24, 2.45) is 17.8 Å². The van der Waals surface area contributed by atoms with Gasteiger partial charge in [0.1, 0.15) is 0 Å². The quantitative estimate of drug-likeness (QED) is 0.831. The number of carbonyl (C=O) groups excluding carboxylic acids is 1. The van der Waals surface area contributed by atoms with Crippen LogP contribution in [0.5, 0.6) is 0 Å². The smallest absolute Gasteiger partial charge is 0.230 e. The Hall–Kier alpha value is -1.51. The van der Waals surface area contributed by atoms with Gasteiger partial charge in [-0.25, -0.2) is 0 Å². The Labute approximate surface area is 108 Å². The molecule has 3 heteroatoms. The summed E-state index contributed by atoms with van der Waals surface area (Å²) >= 11 is 0. The molecule has 3 rings (SSSR count). The number of amides is 1. The fourth-order valence-electron chi connectivity index (χ4n) is 3.32. The summed E-state index contributed by atoms with van der Waals surface area (Å²) in [5.74, 6) is 2.17. The molecule has 2 saturated carbocycles. The number of nitrogens with two attached hydrogens (primary N) is 1. The Kier molecular flexibility index (Phi) is 2.77. The van der Waals surface area contributed by atoms with Gasteiger partial charge in [0.2, 0.25) is 5.91 Å². The van der Waals surface area contributed by atoms with E-state index < -0.39 is 0 Å².